The molecule has 1 unspecified atom stereocenters. The highest BCUT2D eigenvalue weighted by atomic mass is 19.2. The highest BCUT2D eigenvalue weighted by Gasteiger charge is 2.26. The van der Waals surface area contributed by atoms with Crippen molar-refractivity contribution in [2.75, 3.05) is 13.6 Å². The lowest BCUT2D eigenvalue weighted by Gasteiger charge is -2.29. The van der Waals surface area contributed by atoms with E-state index in [2.05, 4.69) is 15.0 Å². The van der Waals surface area contributed by atoms with E-state index in [4.69, 9.17) is 4.52 Å². The Bertz CT molecular complexity index is 614. The second-order valence-electron chi connectivity index (χ2n) is 5.08. The summed E-state index contributed by atoms with van der Waals surface area (Å²) in [6.07, 6.45) is 3.25. The van der Waals surface area contributed by atoms with Gasteiger partial charge in [-0.2, -0.15) is 4.98 Å². The van der Waals surface area contributed by atoms with Gasteiger partial charge in [-0.3, -0.25) is 4.90 Å². The topological polar surface area (TPSA) is 42.2 Å². The van der Waals surface area contributed by atoms with Crippen molar-refractivity contribution in [3.05, 3.63) is 35.7 Å². The number of hydrogen-bond acceptors (Lipinski definition) is 4. The minimum Gasteiger partial charge on any atom is -0.337 e. The summed E-state index contributed by atoms with van der Waals surface area (Å²) in [4.78, 5) is 6.49. The van der Waals surface area contributed by atoms with Crippen molar-refractivity contribution in [1.29, 1.82) is 0 Å². The Morgan fingerprint density at radius 3 is 2.85 bits per heavy atom. The monoisotopic (exact) mass is 279 g/mol. The van der Waals surface area contributed by atoms with Crippen molar-refractivity contribution in [1.82, 2.24) is 15.0 Å². The predicted molar refractivity (Wildman–Crippen MR) is 68.9 cm³/mol. The zero-order chi connectivity index (χ0) is 14.1. The molecule has 20 heavy (non-hydrogen) atoms. The molecule has 0 saturated carbocycles. The Morgan fingerprint density at radius 1 is 1.25 bits per heavy atom. The van der Waals surface area contributed by atoms with Gasteiger partial charge in [-0.05, 0) is 44.6 Å². The zero-order valence-electron chi connectivity index (χ0n) is 11.1. The quantitative estimate of drug-likeness (QED) is 0.846. The molecule has 6 heteroatoms. The van der Waals surface area contributed by atoms with E-state index in [9.17, 15) is 8.78 Å². The van der Waals surface area contributed by atoms with Crippen LogP contribution >= 0.6 is 0 Å². The fourth-order valence-electron chi connectivity index (χ4n) is 2.51. The summed E-state index contributed by atoms with van der Waals surface area (Å²) in [7, 11) is 2.02. The molecule has 0 amide bonds. The van der Waals surface area contributed by atoms with E-state index in [1.807, 2.05) is 7.05 Å². The van der Waals surface area contributed by atoms with Gasteiger partial charge >= 0.3 is 0 Å². The van der Waals surface area contributed by atoms with Crippen LogP contribution in [0.25, 0.3) is 11.4 Å². The first kappa shape index (κ1) is 13.2. The smallest absolute Gasteiger partial charge is 0.244 e. The van der Waals surface area contributed by atoms with Crippen molar-refractivity contribution in [3.8, 4) is 11.4 Å². The maximum absolute atomic E-state index is 13.2. The molecular weight excluding hydrogens is 264 g/mol. The Morgan fingerprint density at radius 2 is 2.10 bits per heavy atom. The molecule has 0 N–H and O–H groups in total. The number of hydrogen-bond donors (Lipinski definition) is 0. The molecule has 1 aromatic heterocycles. The molecule has 0 spiro atoms. The molecule has 1 fully saturated rings. The molecule has 2 aromatic rings. The van der Waals surface area contributed by atoms with E-state index < -0.39 is 11.6 Å². The first-order valence-corrected chi connectivity index (χ1v) is 6.64. The molecule has 1 saturated heterocycles. The molecule has 1 atom stereocenters. The van der Waals surface area contributed by atoms with Crippen molar-refractivity contribution < 1.29 is 13.3 Å². The summed E-state index contributed by atoms with van der Waals surface area (Å²) in [5.74, 6) is -0.974. The van der Waals surface area contributed by atoms with Crippen molar-refractivity contribution in [2.24, 2.45) is 0 Å². The molecule has 4 nitrogen and oxygen atoms in total. The van der Waals surface area contributed by atoms with Crippen LogP contribution in [0.3, 0.4) is 0 Å². The van der Waals surface area contributed by atoms with Gasteiger partial charge in [0.1, 0.15) is 0 Å². The van der Waals surface area contributed by atoms with Crippen LogP contribution in [0.2, 0.25) is 0 Å². The molecule has 1 aliphatic heterocycles. The second kappa shape index (κ2) is 5.28. The molecule has 0 bridgehead atoms. The average molecular weight is 279 g/mol. The maximum atomic E-state index is 13.2. The predicted octanol–water partition coefficient (Wildman–Crippen LogP) is 3.17. The molecule has 2 heterocycles. The van der Waals surface area contributed by atoms with Crippen LogP contribution in [0.1, 0.15) is 31.2 Å². The first-order valence-electron chi connectivity index (χ1n) is 6.64. The number of aromatic nitrogens is 2. The molecule has 1 aromatic carbocycles. The fourth-order valence-corrected chi connectivity index (χ4v) is 2.51. The lowest BCUT2D eigenvalue weighted by atomic mass is 10.0. The maximum Gasteiger partial charge on any atom is 0.244 e. The SMILES string of the molecule is CN1CCCCC1c1nc(-c2ccc(F)c(F)c2)no1. The summed E-state index contributed by atoms with van der Waals surface area (Å²) in [5, 5.41) is 3.86. The van der Waals surface area contributed by atoms with Gasteiger partial charge in [-0.1, -0.05) is 11.6 Å². The summed E-state index contributed by atoms with van der Waals surface area (Å²) >= 11 is 0. The van der Waals surface area contributed by atoms with Crippen LogP contribution in [0.15, 0.2) is 22.7 Å². The summed E-state index contributed by atoms with van der Waals surface area (Å²) in [5.41, 5.74) is 0.414. The third kappa shape index (κ3) is 2.43. The fraction of sp³-hybridized carbons (Fsp3) is 0.429. The molecule has 1 aliphatic rings. The van der Waals surface area contributed by atoms with E-state index in [0.29, 0.717) is 11.5 Å². The number of halogens is 2. The van der Waals surface area contributed by atoms with E-state index in [0.717, 1.165) is 37.9 Å². The van der Waals surface area contributed by atoms with Gasteiger partial charge in [-0.15, -0.1) is 0 Å². The van der Waals surface area contributed by atoms with Crippen LogP contribution in [0.5, 0.6) is 0 Å². The van der Waals surface area contributed by atoms with E-state index >= 15 is 0 Å². The Hall–Kier alpha value is -1.82. The first-order chi connectivity index (χ1) is 9.65. The minimum atomic E-state index is -0.913. The lowest BCUT2D eigenvalue weighted by Crippen LogP contribution is -2.29. The van der Waals surface area contributed by atoms with Gasteiger partial charge in [0.2, 0.25) is 11.7 Å². The van der Waals surface area contributed by atoms with Crippen molar-refractivity contribution in [2.45, 2.75) is 25.3 Å². The average Bonchev–Trinajstić information content (AvgIpc) is 2.92. The third-order valence-corrected chi connectivity index (χ3v) is 3.68. The van der Waals surface area contributed by atoms with Gasteiger partial charge in [0, 0.05) is 5.56 Å². The van der Waals surface area contributed by atoms with Crippen LogP contribution in [-0.4, -0.2) is 28.6 Å². The number of piperidine rings is 1. The van der Waals surface area contributed by atoms with Gasteiger partial charge in [0.15, 0.2) is 11.6 Å². The van der Waals surface area contributed by atoms with Crippen molar-refractivity contribution in [3.63, 3.8) is 0 Å². The Kier molecular flexibility index (Phi) is 3.48. The van der Waals surface area contributed by atoms with E-state index in [1.54, 1.807) is 0 Å². The van der Waals surface area contributed by atoms with Crippen LogP contribution in [-0.2, 0) is 0 Å². The van der Waals surface area contributed by atoms with Crippen LogP contribution < -0.4 is 0 Å². The largest absolute Gasteiger partial charge is 0.337 e. The van der Waals surface area contributed by atoms with Gasteiger partial charge in [-0.25, -0.2) is 8.78 Å². The summed E-state index contributed by atoms with van der Waals surface area (Å²) in [6, 6.07) is 3.69. The second-order valence-corrected chi connectivity index (χ2v) is 5.08. The lowest BCUT2D eigenvalue weighted by molar-refractivity contribution is 0.150. The number of likely N-dealkylation sites (tertiary alicyclic amines) is 1. The van der Waals surface area contributed by atoms with Crippen molar-refractivity contribution >= 4 is 0 Å². The molecule has 0 aliphatic carbocycles. The molecule has 3 rings (SSSR count). The van der Waals surface area contributed by atoms with E-state index in [-0.39, 0.29) is 11.9 Å². The summed E-state index contributed by atoms with van der Waals surface area (Å²) < 4.78 is 31.4. The van der Waals surface area contributed by atoms with Crippen LogP contribution in [0.4, 0.5) is 8.78 Å². The van der Waals surface area contributed by atoms with Crippen LogP contribution in [0, 0.1) is 11.6 Å². The normalized spacial score (nSPS) is 20.2. The third-order valence-electron chi connectivity index (χ3n) is 3.68. The Balaban J connectivity index is 1.87. The number of nitrogens with zero attached hydrogens (tertiary/aromatic N) is 3. The van der Waals surface area contributed by atoms with Gasteiger partial charge in [0.05, 0.1) is 6.04 Å². The molecule has 106 valence electrons. The number of benzene rings is 1. The summed E-state index contributed by atoms with van der Waals surface area (Å²) in [6.45, 7) is 0.994. The highest BCUT2D eigenvalue weighted by molar-refractivity contribution is 5.54. The standard InChI is InChI=1S/C14H15F2N3O/c1-19-7-3-2-4-12(19)14-17-13(18-20-14)9-5-6-10(15)11(16)8-9/h5-6,8,12H,2-4,7H2,1H3. The van der Waals surface area contributed by atoms with E-state index in [1.165, 1.54) is 6.07 Å². The highest BCUT2D eigenvalue weighted by Crippen LogP contribution is 2.29. The number of rotatable bonds is 2. The molecular formula is C14H15F2N3O. The minimum absolute atomic E-state index is 0.107. The zero-order valence-corrected chi connectivity index (χ0v) is 11.1. The Labute approximate surface area is 115 Å². The van der Waals surface area contributed by atoms with Gasteiger partial charge in [0.25, 0.3) is 0 Å². The van der Waals surface area contributed by atoms with Gasteiger partial charge < -0.3 is 4.52 Å². The molecule has 0 radical (unpaired) electrons.